The summed E-state index contributed by atoms with van der Waals surface area (Å²) in [5.74, 6) is -1.31. The maximum absolute atomic E-state index is 13.7. The van der Waals surface area contributed by atoms with Gasteiger partial charge in [-0.05, 0) is 18.2 Å². The van der Waals surface area contributed by atoms with Gasteiger partial charge in [-0.2, -0.15) is 0 Å². The molecule has 0 aromatic heterocycles. The summed E-state index contributed by atoms with van der Waals surface area (Å²) in [6, 6.07) is 4.33. The van der Waals surface area contributed by atoms with Crippen LogP contribution in [0.5, 0.6) is 0 Å². The number of benzene rings is 1. The number of hydrogen-bond donors (Lipinski definition) is 3. The smallest absolute Gasteiger partial charge is 0.243 e. The minimum Gasteiger partial charge on any atom is -0.378 e. The highest BCUT2D eigenvalue weighted by atomic mass is 35.5. The number of nitrogens with two attached hydrogens (primary N) is 1. The maximum atomic E-state index is 13.7. The Hall–Kier alpha value is -1.61. The fourth-order valence-corrected chi connectivity index (χ4v) is 2.11. The summed E-state index contributed by atoms with van der Waals surface area (Å²) in [5.41, 5.74) is 6.15. The highest BCUT2D eigenvalue weighted by Gasteiger charge is 2.14. The van der Waals surface area contributed by atoms with Crippen molar-refractivity contribution >= 4 is 48.0 Å². The number of nitrogens with zero attached hydrogens (tertiary/aromatic N) is 1. The summed E-state index contributed by atoms with van der Waals surface area (Å²) in [5, 5.41) is 4.90. The van der Waals surface area contributed by atoms with Gasteiger partial charge in [-0.25, -0.2) is 4.39 Å². The maximum Gasteiger partial charge on any atom is 0.243 e. The van der Waals surface area contributed by atoms with Gasteiger partial charge in [0.05, 0.1) is 26.3 Å². The molecule has 7 nitrogen and oxygen atoms in total. The molecule has 2 rings (SSSR count). The first-order valence-corrected chi connectivity index (χ1v) is 6.98. The van der Waals surface area contributed by atoms with Gasteiger partial charge < -0.3 is 26.0 Å². The van der Waals surface area contributed by atoms with Crippen molar-refractivity contribution in [2.45, 2.75) is 0 Å². The Balaban J connectivity index is 0.00000264. The predicted octanol–water partition coefficient (Wildman–Crippen LogP) is 0.519. The van der Waals surface area contributed by atoms with Crippen LogP contribution in [0.2, 0.25) is 0 Å². The van der Waals surface area contributed by atoms with E-state index in [1.807, 2.05) is 4.90 Å². The standard InChI is InChI=1S/C14H19FN4O3.2ClH/c15-10-5-11(18-14(21)9-17-13(20)8-16)7-12(6-10)19-1-3-22-4-2-19;;/h5-7H,1-4,8-9,16H2,(H,17,20)(H,18,21);2*1H. The van der Waals surface area contributed by atoms with Gasteiger partial charge in [0.1, 0.15) is 5.82 Å². The molecule has 0 saturated carbocycles. The molecule has 1 aliphatic heterocycles. The number of rotatable bonds is 5. The second kappa shape index (κ2) is 11.0. The molecule has 0 unspecified atom stereocenters. The van der Waals surface area contributed by atoms with E-state index in [9.17, 15) is 14.0 Å². The molecule has 2 amide bonds. The molecule has 136 valence electrons. The first kappa shape index (κ1) is 22.4. The molecule has 1 aromatic carbocycles. The van der Waals surface area contributed by atoms with Crippen molar-refractivity contribution in [3.63, 3.8) is 0 Å². The molecular weight excluding hydrogens is 362 g/mol. The van der Waals surface area contributed by atoms with Crippen molar-refractivity contribution < 1.29 is 18.7 Å². The zero-order chi connectivity index (χ0) is 15.9. The van der Waals surface area contributed by atoms with Gasteiger partial charge in [0.15, 0.2) is 0 Å². The molecule has 24 heavy (non-hydrogen) atoms. The first-order valence-electron chi connectivity index (χ1n) is 6.98. The van der Waals surface area contributed by atoms with Crippen LogP contribution in [0.3, 0.4) is 0 Å². The zero-order valence-electron chi connectivity index (χ0n) is 12.9. The van der Waals surface area contributed by atoms with E-state index in [-0.39, 0.29) is 37.9 Å². The van der Waals surface area contributed by atoms with Crippen LogP contribution in [-0.4, -0.2) is 51.2 Å². The molecule has 1 heterocycles. The van der Waals surface area contributed by atoms with Crippen molar-refractivity contribution in [1.82, 2.24) is 5.32 Å². The lowest BCUT2D eigenvalue weighted by atomic mass is 10.2. The second-order valence-corrected chi connectivity index (χ2v) is 4.83. The van der Waals surface area contributed by atoms with Crippen LogP contribution in [-0.2, 0) is 14.3 Å². The van der Waals surface area contributed by atoms with E-state index in [1.54, 1.807) is 6.07 Å². The lowest BCUT2D eigenvalue weighted by molar-refractivity contribution is -0.123. The third-order valence-corrected chi connectivity index (χ3v) is 3.17. The quantitative estimate of drug-likeness (QED) is 0.689. The summed E-state index contributed by atoms with van der Waals surface area (Å²) in [6.45, 7) is 2.12. The third kappa shape index (κ3) is 6.88. The highest BCUT2D eigenvalue weighted by molar-refractivity contribution is 5.95. The van der Waals surface area contributed by atoms with Crippen LogP contribution in [0.1, 0.15) is 0 Å². The fraction of sp³-hybridized carbons (Fsp3) is 0.429. The number of amides is 2. The van der Waals surface area contributed by atoms with Crippen molar-refractivity contribution in [3.05, 3.63) is 24.0 Å². The van der Waals surface area contributed by atoms with Gasteiger partial charge in [0.2, 0.25) is 11.8 Å². The van der Waals surface area contributed by atoms with Crippen LogP contribution < -0.4 is 21.3 Å². The molecule has 0 aliphatic carbocycles. The van der Waals surface area contributed by atoms with E-state index in [0.717, 1.165) is 0 Å². The van der Waals surface area contributed by atoms with E-state index >= 15 is 0 Å². The number of hydrogen-bond acceptors (Lipinski definition) is 5. The number of carbonyl (C=O) groups excluding carboxylic acids is 2. The molecule has 1 fully saturated rings. The second-order valence-electron chi connectivity index (χ2n) is 4.83. The average molecular weight is 383 g/mol. The Bertz CT molecular complexity index is 557. The Morgan fingerprint density at radius 1 is 1.17 bits per heavy atom. The molecule has 10 heteroatoms. The number of morpholine rings is 1. The van der Waals surface area contributed by atoms with Gasteiger partial charge in [-0.1, -0.05) is 0 Å². The van der Waals surface area contributed by atoms with Gasteiger partial charge in [0.25, 0.3) is 0 Å². The normalized spacial score (nSPS) is 13.3. The Morgan fingerprint density at radius 3 is 2.46 bits per heavy atom. The number of carbonyl (C=O) groups is 2. The van der Waals surface area contributed by atoms with E-state index in [0.29, 0.717) is 37.7 Å². The molecule has 0 spiro atoms. The Labute approximate surface area is 151 Å². The van der Waals surface area contributed by atoms with Crippen molar-refractivity contribution in [2.75, 3.05) is 49.6 Å². The van der Waals surface area contributed by atoms with Crippen LogP contribution >= 0.6 is 24.8 Å². The summed E-state index contributed by atoms with van der Waals surface area (Å²) in [4.78, 5) is 24.7. The molecule has 4 N–H and O–H groups in total. The summed E-state index contributed by atoms with van der Waals surface area (Å²) in [6.07, 6.45) is 0. The minimum atomic E-state index is -0.444. The lowest BCUT2D eigenvalue weighted by Gasteiger charge is -2.29. The zero-order valence-corrected chi connectivity index (χ0v) is 14.6. The number of nitrogens with one attached hydrogen (secondary N) is 2. The molecule has 1 saturated heterocycles. The fourth-order valence-electron chi connectivity index (χ4n) is 2.11. The van der Waals surface area contributed by atoms with E-state index < -0.39 is 17.6 Å². The van der Waals surface area contributed by atoms with Crippen molar-refractivity contribution in [2.24, 2.45) is 5.73 Å². The first-order chi connectivity index (χ1) is 10.6. The molecular formula is C14H21Cl2FN4O3. The van der Waals surface area contributed by atoms with E-state index in [1.165, 1.54) is 12.1 Å². The Kier molecular flexibility index (Phi) is 10.3. The monoisotopic (exact) mass is 382 g/mol. The SMILES string of the molecule is Cl.Cl.NCC(=O)NCC(=O)Nc1cc(F)cc(N2CCOCC2)c1. The molecule has 0 bridgehead atoms. The topological polar surface area (TPSA) is 96.7 Å². The van der Waals surface area contributed by atoms with Crippen LogP contribution in [0.15, 0.2) is 18.2 Å². The van der Waals surface area contributed by atoms with Crippen molar-refractivity contribution in [1.29, 1.82) is 0 Å². The molecule has 1 aromatic rings. The van der Waals surface area contributed by atoms with E-state index in [2.05, 4.69) is 10.6 Å². The highest BCUT2D eigenvalue weighted by Crippen LogP contribution is 2.22. The van der Waals surface area contributed by atoms with Crippen LogP contribution in [0, 0.1) is 5.82 Å². The Morgan fingerprint density at radius 2 is 1.83 bits per heavy atom. The summed E-state index contributed by atoms with van der Waals surface area (Å²) in [7, 11) is 0. The van der Waals surface area contributed by atoms with Crippen molar-refractivity contribution in [3.8, 4) is 0 Å². The minimum absolute atomic E-state index is 0. The average Bonchev–Trinajstić information content (AvgIpc) is 2.53. The van der Waals surface area contributed by atoms with Crippen LogP contribution in [0.4, 0.5) is 15.8 Å². The lowest BCUT2D eigenvalue weighted by Crippen LogP contribution is -2.37. The van der Waals surface area contributed by atoms with Crippen LogP contribution in [0.25, 0.3) is 0 Å². The van der Waals surface area contributed by atoms with Gasteiger partial charge in [0, 0.05) is 24.5 Å². The predicted molar refractivity (Wildman–Crippen MR) is 94.6 cm³/mol. The molecule has 1 aliphatic rings. The largest absolute Gasteiger partial charge is 0.378 e. The number of halogens is 3. The van der Waals surface area contributed by atoms with Gasteiger partial charge in [-0.15, -0.1) is 24.8 Å². The molecule has 0 radical (unpaired) electrons. The number of ether oxygens (including phenoxy) is 1. The van der Waals surface area contributed by atoms with Gasteiger partial charge in [-0.3, -0.25) is 9.59 Å². The summed E-state index contributed by atoms with van der Waals surface area (Å²) >= 11 is 0. The summed E-state index contributed by atoms with van der Waals surface area (Å²) < 4.78 is 19.0. The third-order valence-electron chi connectivity index (χ3n) is 3.17. The van der Waals surface area contributed by atoms with Gasteiger partial charge >= 0.3 is 0 Å². The van der Waals surface area contributed by atoms with E-state index in [4.69, 9.17) is 10.5 Å². The number of anilines is 2. The molecule has 0 atom stereocenters.